The quantitative estimate of drug-likeness (QED) is 0.862. The number of nitrogens with zero attached hydrogens (tertiary/aromatic N) is 1. The van der Waals surface area contributed by atoms with Crippen molar-refractivity contribution in [1.29, 1.82) is 0 Å². The van der Waals surface area contributed by atoms with E-state index < -0.39 is 0 Å². The molecule has 4 nitrogen and oxygen atoms in total. The zero-order chi connectivity index (χ0) is 14.4. The van der Waals surface area contributed by atoms with Crippen molar-refractivity contribution in [1.82, 2.24) is 10.2 Å². The van der Waals surface area contributed by atoms with E-state index in [-0.39, 0.29) is 23.9 Å². The molecule has 21 heavy (non-hydrogen) atoms. The van der Waals surface area contributed by atoms with Crippen LogP contribution in [0.25, 0.3) is 0 Å². The Morgan fingerprint density at radius 1 is 0.905 bits per heavy atom. The predicted molar refractivity (Wildman–Crippen MR) is 79.5 cm³/mol. The number of amides is 2. The van der Waals surface area contributed by atoms with Crippen LogP contribution in [0.2, 0.25) is 0 Å². The molecule has 1 heterocycles. The van der Waals surface area contributed by atoms with Crippen LogP contribution in [-0.2, 0) is 9.59 Å². The van der Waals surface area contributed by atoms with Gasteiger partial charge in [-0.25, -0.2) is 0 Å². The molecule has 1 N–H and O–H groups in total. The van der Waals surface area contributed by atoms with E-state index in [4.69, 9.17) is 0 Å². The molecule has 0 spiro atoms. The average molecular weight is 290 g/mol. The van der Waals surface area contributed by atoms with Gasteiger partial charge in [-0.05, 0) is 56.3 Å². The summed E-state index contributed by atoms with van der Waals surface area (Å²) in [5.74, 6) is 1.82. The molecule has 3 aliphatic carbocycles. The molecule has 0 aromatic heterocycles. The van der Waals surface area contributed by atoms with Crippen molar-refractivity contribution in [2.24, 2.45) is 17.8 Å². The maximum absolute atomic E-state index is 12.9. The number of hydrogen-bond acceptors (Lipinski definition) is 2. The Morgan fingerprint density at radius 2 is 1.62 bits per heavy atom. The van der Waals surface area contributed by atoms with E-state index in [0.29, 0.717) is 17.8 Å². The highest BCUT2D eigenvalue weighted by atomic mass is 16.2. The van der Waals surface area contributed by atoms with Crippen molar-refractivity contribution >= 4 is 11.8 Å². The molecule has 116 valence electrons. The van der Waals surface area contributed by atoms with Gasteiger partial charge in [0.15, 0.2) is 0 Å². The Morgan fingerprint density at radius 3 is 2.24 bits per heavy atom. The number of nitrogens with one attached hydrogen (secondary N) is 1. The van der Waals surface area contributed by atoms with Crippen molar-refractivity contribution in [3.8, 4) is 0 Å². The van der Waals surface area contributed by atoms with Gasteiger partial charge in [0.2, 0.25) is 11.8 Å². The first-order chi connectivity index (χ1) is 10.2. The second-order valence-electron chi connectivity index (χ2n) is 7.60. The lowest BCUT2D eigenvalue weighted by molar-refractivity contribution is -0.153. The van der Waals surface area contributed by atoms with Gasteiger partial charge in [0, 0.05) is 6.54 Å². The third kappa shape index (κ3) is 2.69. The summed E-state index contributed by atoms with van der Waals surface area (Å²) in [5.41, 5.74) is 0. The zero-order valence-electron chi connectivity index (χ0n) is 12.7. The molecular weight excluding hydrogens is 264 g/mol. The summed E-state index contributed by atoms with van der Waals surface area (Å²) < 4.78 is 0. The second kappa shape index (κ2) is 5.29. The first kappa shape index (κ1) is 13.6. The van der Waals surface area contributed by atoms with E-state index in [1.807, 2.05) is 4.90 Å². The summed E-state index contributed by atoms with van der Waals surface area (Å²) in [7, 11) is 0. The number of carbonyl (C=O) groups excluding carboxylic acids is 2. The third-order valence-electron chi connectivity index (χ3n) is 5.79. The minimum atomic E-state index is -0.212. The fraction of sp³-hybridized carbons (Fsp3) is 0.882. The van der Waals surface area contributed by atoms with Crippen LogP contribution >= 0.6 is 0 Å². The van der Waals surface area contributed by atoms with Gasteiger partial charge in [-0.1, -0.05) is 19.3 Å². The summed E-state index contributed by atoms with van der Waals surface area (Å²) in [6.07, 6.45) is 10.6. The monoisotopic (exact) mass is 290 g/mol. The molecule has 4 aliphatic rings. The lowest BCUT2D eigenvalue weighted by Gasteiger charge is -2.43. The van der Waals surface area contributed by atoms with Crippen molar-refractivity contribution in [3.05, 3.63) is 0 Å². The van der Waals surface area contributed by atoms with Gasteiger partial charge in [-0.15, -0.1) is 0 Å². The van der Waals surface area contributed by atoms with E-state index >= 15 is 0 Å². The van der Waals surface area contributed by atoms with E-state index in [0.717, 1.165) is 32.2 Å². The maximum atomic E-state index is 12.9. The molecule has 1 aliphatic heterocycles. The molecule has 0 aromatic carbocycles. The molecule has 2 unspecified atom stereocenters. The first-order valence-electron chi connectivity index (χ1n) is 8.85. The molecule has 1 saturated heterocycles. The van der Waals surface area contributed by atoms with Gasteiger partial charge < -0.3 is 10.2 Å². The highest BCUT2D eigenvalue weighted by Gasteiger charge is 2.49. The smallest absolute Gasteiger partial charge is 0.246 e. The Kier molecular flexibility index (Phi) is 3.43. The Balaban J connectivity index is 1.55. The summed E-state index contributed by atoms with van der Waals surface area (Å²) >= 11 is 0. The number of hydrogen-bond donors (Lipinski definition) is 1. The van der Waals surface area contributed by atoms with Gasteiger partial charge in [0.1, 0.15) is 12.1 Å². The zero-order valence-corrected chi connectivity index (χ0v) is 12.7. The minimum Gasteiger partial charge on any atom is -0.342 e. The van der Waals surface area contributed by atoms with Crippen LogP contribution in [0.3, 0.4) is 0 Å². The minimum absolute atomic E-state index is 0.138. The first-order valence-corrected chi connectivity index (χ1v) is 8.85. The Labute approximate surface area is 126 Å². The molecule has 2 atom stereocenters. The summed E-state index contributed by atoms with van der Waals surface area (Å²) in [4.78, 5) is 27.6. The largest absolute Gasteiger partial charge is 0.342 e. The summed E-state index contributed by atoms with van der Waals surface area (Å²) in [6.45, 7) is 0.830. The molecule has 3 saturated carbocycles. The summed E-state index contributed by atoms with van der Waals surface area (Å²) in [5, 5.41) is 3.07. The fourth-order valence-corrected chi connectivity index (χ4v) is 4.21. The molecule has 0 radical (unpaired) electrons. The van der Waals surface area contributed by atoms with Crippen molar-refractivity contribution in [2.75, 3.05) is 6.54 Å². The van der Waals surface area contributed by atoms with E-state index in [2.05, 4.69) is 5.32 Å². The van der Waals surface area contributed by atoms with Crippen LogP contribution in [0.15, 0.2) is 0 Å². The topological polar surface area (TPSA) is 49.4 Å². The van der Waals surface area contributed by atoms with Crippen molar-refractivity contribution in [3.63, 3.8) is 0 Å². The molecule has 2 amide bonds. The van der Waals surface area contributed by atoms with Crippen LogP contribution in [0.5, 0.6) is 0 Å². The Bertz CT molecular complexity index is 436. The van der Waals surface area contributed by atoms with Gasteiger partial charge in [0.25, 0.3) is 0 Å². The fourth-order valence-electron chi connectivity index (χ4n) is 4.21. The average Bonchev–Trinajstić information content (AvgIpc) is 3.37. The highest BCUT2D eigenvalue weighted by Crippen LogP contribution is 2.39. The van der Waals surface area contributed by atoms with Gasteiger partial charge in [-0.2, -0.15) is 0 Å². The SMILES string of the molecule is O=C1NC(C2CC2)C(=O)N(CC2CC2)C1C1CCCCC1. The van der Waals surface area contributed by atoms with E-state index in [1.54, 1.807) is 0 Å². The van der Waals surface area contributed by atoms with Crippen LogP contribution in [0, 0.1) is 17.8 Å². The lowest BCUT2D eigenvalue weighted by atomic mass is 9.81. The number of carbonyl (C=O) groups is 2. The van der Waals surface area contributed by atoms with E-state index in [9.17, 15) is 9.59 Å². The predicted octanol–water partition coefficient (Wildman–Crippen LogP) is 2.08. The van der Waals surface area contributed by atoms with Gasteiger partial charge >= 0.3 is 0 Å². The van der Waals surface area contributed by atoms with Crippen molar-refractivity contribution < 1.29 is 9.59 Å². The molecule has 4 rings (SSSR count). The number of rotatable bonds is 4. The van der Waals surface area contributed by atoms with Crippen LogP contribution in [0.4, 0.5) is 0 Å². The van der Waals surface area contributed by atoms with Crippen LogP contribution in [0.1, 0.15) is 57.8 Å². The van der Waals surface area contributed by atoms with Crippen molar-refractivity contribution in [2.45, 2.75) is 69.9 Å². The standard InChI is InChI=1S/C17H26N2O2/c20-16-15(13-4-2-1-3-5-13)19(10-11-6-7-11)17(21)14(18-16)12-8-9-12/h11-15H,1-10H2,(H,18,20). The van der Waals surface area contributed by atoms with Crippen LogP contribution in [-0.4, -0.2) is 35.3 Å². The maximum Gasteiger partial charge on any atom is 0.246 e. The third-order valence-corrected chi connectivity index (χ3v) is 5.79. The van der Waals surface area contributed by atoms with Gasteiger partial charge in [-0.3, -0.25) is 9.59 Å². The molecule has 4 heteroatoms. The normalized spacial score (nSPS) is 35.0. The second-order valence-corrected chi connectivity index (χ2v) is 7.60. The highest BCUT2D eigenvalue weighted by molar-refractivity contribution is 5.97. The number of piperazine rings is 1. The van der Waals surface area contributed by atoms with Gasteiger partial charge in [0.05, 0.1) is 0 Å². The molecule has 4 fully saturated rings. The van der Waals surface area contributed by atoms with Crippen LogP contribution < -0.4 is 5.32 Å². The van der Waals surface area contributed by atoms with E-state index in [1.165, 1.54) is 32.1 Å². The summed E-state index contributed by atoms with van der Waals surface area (Å²) in [6, 6.07) is -0.385. The lowest BCUT2D eigenvalue weighted by Crippen LogP contribution is -2.66. The molecular formula is C17H26N2O2. The Hall–Kier alpha value is -1.06. The molecule has 0 aromatic rings. The molecule has 0 bridgehead atoms.